The number of carbonyl (C=O) groups excluding carboxylic acids is 1. The van der Waals surface area contributed by atoms with Crippen LogP contribution in [0.25, 0.3) is 0 Å². The van der Waals surface area contributed by atoms with Crippen molar-refractivity contribution < 1.29 is 4.79 Å². The van der Waals surface area contributed by atoms with E-state index in [9.17, 15) is 4.79 Å². The van der Waals surface area contributed by atoms with E-state index in [0.29, 0.717) is 30.6 Å². The fraction of sp³-hybridized carbons (Fsp3) is 0.941. The maximum absolute atomic E-state index is 12.7. The van der Waals surface area contributed by atoms with E-state index in [-0.39, 0.29) is 0 Å². The summed E-state index contributed by atoms with van der Waals surface area (Å²) in [6, 6.07) is 1.41. The highest BCUT2D eigenvalue weighted by atomic mass is 16.2. The van der Waals surface area contributed by atoms with Crippen LogP contribution in [0.1, 0.15) is 59.3 Å². The van der Waals surface area contributed by atoms with E-state index in [1.807, 2.05) is 0 Å². The number of carbonyl (C=O) groups is 1. The standard InChI is InChI=1S/C17H33N3O/c1-4-11-19(12-16-9-6-10-18-16)13-17(21)20-14(2)7-5-8-15(20)3/h14-16,18H,4-13H2,1-3H3. The summed E-state index contributed by atoms with van der Waals surface area (Å²) in [6.07, 6.45) is 7.23. The van der Waals surface area contributed by atoms with Gasteiger partial charge in [0.1, 0.15) is 0 Å². The number of nitrogens with one attached hydrogen (secondary N) is 1. The number of likely N-dealkylation sites (tertiary alicyclic amines) is 1. The lowest BCUT2D eigenvalue weighted by Crippen LogP contribution is -2.52. The van der Waals surface area contributed by atoms with E-state index in [4.69, 9.17) is 0 Å². The summed E-state index contributed by atoms with van der Waals surface area (Å²) in [7, 11) is 0. The van der Waals surface area contributed by atoms with Gasteiger partial charge in [-0.15, -0.1) is 0 Å². The molecule has 1 amide bonds. The zero-order valence-electron chi connectivity index (χ0n) is 14.1. The number of rotatable bonds is 6. The smallest absolute Gasteiger partial charge is 0.237 e. The molecule has 3 unspecified atom stereocenters. The van der Waals surface area contributed by atoms with Crippen LogP contribution in [0.3, 0.4) is 0 Å². The fourth-order valence-corrected chi connectivity index (χ4v) is 3.96. The van der Waals surface area contributed by atoms with Gasteiger partial charge in [0.15, 0.2) is 0 Å². The lowest BCUT2D eigenvalue weighted by molar-refractivity contribution is -0.138. The quantitative estimate of drug-likeness (QED) is 0.816. The second kappa shape index (κ2) is 8.14. The average molecular weight is 295 g/mol. The van der Waals surface area contributed by atoms with Crippen LogP contribution in [0.15, 0.2) is 0 Å². The monoisotopic (exact) mass is 295 g/mol. The third-order valence-corrected chi connectivity index (χ3v) is 5.02. The summed E-state index contributed by atoms with van der Waals surface area (Å²) < 4.78 is 0. The maximum atomic E-state index is 12.7. The average Bonchev–Trinajstić information content (AvgIpc) is 2.91. The van der Waals surface area contributed by atoms with Crippen molar-refractivity contribution in [2.24, 2.45) is 0 Å². The number of nitrogens with zero attached hydrogens (tertiary/aromatic N) is 2. The highest BCUT2D eigenvalue weighted by Gasteiger charge is 2.30. The van der Waals surface area contributed by atoms with Crippen LogP contribution in [0.5, 0.6) is 0 Å². The van der Waals surface area contributed by atoms with Crippen molar-refractivity contribution in [2.75, 3.05) is 26.2 Å². The van der Waals surface area contributed by atoms with Gasteiger partial charge >= 0.3 is 0 Å². The van der Waals surface area contributed by atoms with Crippen LogP contribution < -0.4 is 5.32 Å². The lowest BCUT2D eigenvalue weighted by Gasteiger charge is -2.40. The van der Waals surface area contributed by atoms with Gasteiger partial charge < -0.3 is 10.2 Å². The van der Waals surface area contributed by atoms with Crippen LogP contribution in [-0.4, -0.2) is 60.0 Å². The third kappa shape index (κ3) is 4.68. The predicted octanol–water partition coefficient (Wildman–Crippen LogP) is 2.24. The van der Waals surface area contributed by atoms with E-state index in [1.165, 1.54) is 19.3 Å². The Hall–Kier alpha value is -0.610. The molecule has 2 saturated heterocycles. The maximum Gasteiger partial charge on any atom is 0.237 e. The van der Waals surface area contributed by atoms with Crippen molar-refractivity contribution in [2.45, 2.75) is 77.4 Å². The largest absolute Gasteiger partial charge is 0.336 e. The van der Waals surface area contributed by atoms with Gasteiger partial charge in [-0.3, -0.25) is 9.69 Å². The SMILES string of the molecule is CCCN(CC(=O)N1C(C)CCCC1C)CC1CCCN1. The molecule has 122 valence electrons. The molecule has 2 heterocycles. The molecule has 0 aromatic heterocycles. The second-order valence-corrected chi connectivity index (χ2v) is 6.96. The topological polar surface area (TPSA) is 35.6 Å². The van der Waals surface area contributed by atoms with Crippen LogP contribution in [0.2, 0.25) is 0 Å². The van der Waals surface area contributed by atoms with Gasteiger partial charge in [-0.25, -0.2) is 0 Å². The summed E-state index contributed by atoms with van der Waals surface area (Å²) in [5.41, 5.74) is 0. The Morgan fingerprint density at radius 3 is 2.48 bits per heavy atom. The first-order valence-corrected chi connectivity index (χ1v) is 8.88. The molecule has 4 nitrogen and oxygen atoms in total. The summed E-state index contributed by atoms with van der Waals surface area (Å²) in [5.74, 6) is 0.334. The Morgan fingerprint density at radius 2 is 1.90 bits per heavy atom. The minimum Gasteiger partial charge on any atom is -0.336 e. The minimum absolute atomic E-state index is 0.334. The Bertz CT molecular complexity index is 318. The van der Waals surface area contributed by atoms with Crippen LogP contribution in [0.4, 0.5) is 0 Å². The van der Waals surface area contributed by atoms with E-state index in [2.05, 4.69) is 35.9 Å². The Kier molecular flexibility index (Phi) is 6.49. The van der Waals surface area contributed by atoms with Gasteiger partial charge in [-0.05, 0) is 65.5 Å². The molecule has 2 fully saturated rings. The van der Waals surface area contributed by atoms with E-state index in [1.54, 1.807) is 0 Å². The normalized spacial score (nSPS) is 30.1. The Balaban J connectivity index is 1.89. The van der Waals surface area contributed by atoms with Crippen molar-refractivity contribution >= 4 is 5.91 Å². The first-order valence-electron chi connectivity index (χ1n) is 8.88. The highest BCUT2D eigenvalue weighted by Crippen LogP contribution is 2.22. The molecular weight excluding hydrogens is 262 g/mol. The number of piperidine rings is 1. The predicted molar refractivity (Wildman–Crippen MR) is 87.4 cm³/mol. The molecule has 0 aliphatic carbocycles. The van der Waals surface area contributed by atoms with E-state index in [0.717, 1.165) is 38.9 Å². The minimum atomic E-state index is 0.334. The number of hydrogen-bond donors (Lipinski definition) is 1. The first kappa shape index (κ1) is 16.8. The van der Waals surface area contributed by atoms with E-state index >= 15 is 0 Å². The molecule has 1 N–H and O–H groups in total. The zero-order chi connectivity index (χ0) is 15.2. The summed E-state index contributed by atoms with van der Waals surface area (Å²) >= 11 is 0. The molecule has 4 heteroatoms. The molecule has 0 aromatic rings. The lowest BCUT2D eigenvalue weighted by atomic mass is 9.97. The molecule has 3 atom stereocenters. The molecule has 0 saturated carbocycles. The van der Waals surface area contributed by atoms with Crippen molar-refractivity contribution in [3.63, 3.8) is 0 Å². The van der Waals surface area contributed by atoms with Crippen molar-refractivity contribution in [3.8, 4) is 0 Å². The molecule has 2 aliphatic rings. The van der Waals surface area contributed by atoms with Crippen molar-refractivity contribution in [1.82, 2.24) is 15.1 Å². The van der Waals surface area contributed by atoms with Gasteiger partial charge in [0, 0.05) is 24.7 Å². The van der Waals surface area contributed by atoms with Gasteiger partial charge in [-0.1, -0.05) is 6.92 Å². The van der Waals surface area contributed by atoms with Crippen LogP contribution in [-0.2, 0) is 4.79 Å². The van der Waals surface area contributed by atoms with Crippen LogP contribution in [0, 0.1) is 0 Å². The Labute approximate surface area is 130 Å². The molecule has 2 aliphatic heterocycles. The van der Waals surface area contributed by atoms with E-state index < -0.39 is 0 Å². The van der Waals surface area contributed by atoms with Crippen molar-refractivity contribution in [1.29, 1.82) is 0 Å². The molecule has 21 heavy (non-hydrogen) atoms. The third-order valence-electron chi connectivity index (χ3n) is 5.02. The first-order chi connectivity index (χ1) is 10.1. The molecule has 0 spiro atoms. The molecule has 0 radical (unpaired) electrons. The van der Waals surface area contributed by atoms with Crippen LogP contribution >= 0.6 is 0 Å². The Morgan fingerprint density at radius 1 is 1.19 bits per heavy atom. The van der Waals surface area contributed by atoms with Gasteiger partial charge in [0.2, 0.25) is 5.91 Å². The van der Waals surface area contributed by atoms with Gasteiger partial charge in [-0.2, -0.15) is 0 Å². The van der Waals surface area contributed by atoms with Gasteiger partial charge in [0.05, 0.1) is 6.54 Å². The number of amides is 1. The van der Waals surface area contributed by atoms with Crippen molar-refractivity contribution in [3.05, 3.63) is 0 Å². The zero-order valence-corrected chi connectivity index (χ0v) is 14.1. The summed E-state index contributed by atoms with van der Waals surface area (Å²) in [5, 5.41) is 3.55. The van der Waals surface area contributed by atoms with Gasteiger partial charge in [0.25, 0.3) is 0 Å². The highest BCUT2D eigenvalue weighted by molar-refractivity contribution is 5.79. The molecule has 0 aromatic carbocycles. The summed E-state index contributed by atoms with van der Waals surface area (Å²) in [6.45, 7) is 10.4. The molecular formula is C17H33N3O. The fourth-order valence-electron chi connectivity index (χ4n) is 3.96. The molecule has 2 rings (SSSR count). The molecule has 0 bridgehead atoms. The number of hydrogen-bond acceptors (Lipinski definition) is 3. The summed E-state index contributed by atoms with van der Waals surface area (Å²) in [4.78, 5) is 17.2. The second-order valence-electron chi connectivity index (χ2n) is 6.96.